The lowest BCUT2D eigenvalue weighted by molar-refractivity contribution is -0.138. The summed E-state index contributed by atoms with van der Waals surface area (Å²) in [5.41, 5.74) is 1.04. The molecule has 14 heavy (non-hydrogen) atoms. The fourth-order valence-electron chi connectivity index (χ4n) is 1.05. The van der Waals surface area contributed by atoms with Gasteiger partial charge in [0.2, 0.25) is 0 Å². The molecule has 1 N–H and O–H groups in total. The molecule has 4 heteroatoms. The summed E-state index contributed by atoms with van der Waals surface area (Å²) < 4.78 is 4.90. The van der Waals surface area contributed by atoms with Crippen molar-refractivity contribution in [2.75, 3.05) is 33.4 Å². The Morgan fingerprint density at radius 3 is 2.57 bits per heavy atom. The van der Waals surface area contributed by atoms with Crippen LogP contribution in [0.1, 0.15) is 13.3 Å². The van der Waals surface area contributed by atoms with Crippen molar-refractivity contribution >= 4 is 5.97 Å². The van der Waals surface area contributed by atoms with Gasteiger partial charge in [-0.05, 0) is 6.42 Å². The van der Waals surface area contributed by atoms with Crippen LogP contribution < -0.4 is 0 Å². The van der Waals surface area contributed by atoms with Crippen LogP contribution in [0.25, 0.3) is 0 Å². The number of carbonyl (C=O) groups is 1. The minimum Gasteiger partial charge on any atom is -0.480 e. The molecule has 0 bridgehead atoms. The standard InChI is InChI=1S/C10H19NO3/c1-4-9(2)7-11(5-6-14-3)8-10(12)13/h2,4-8H2,1,3H3,(H,12,13). The van der Waals surface area contributed by atoms with Crippen molar-refractivity contribution < 1.29 is 14.6 Å². The maximum Gasteiger partial charge on any atom is 0.317 e. The lowest BCUT2D eigenvalue weighted by Gasteiger charge is -2.20. The van der Waals surface area contributed by atoms with E-state index in [2.05, 4.69) is 6.58 Å². The van der Waals surface area contributed by atoms with Gasteiger partial charge >= 0.3 is 5.97 Å². The van der Waals surface area contributed by atoms with Crippen LogP contribution >= 0.6 is 0 Å². The molecule has 0 atom stereocenters. The molecule has 0 radical (unpaired) electrons. The van der Waals surface area contributed by atoms with Crippen LogP contribution in [0.15, 0.2) is 12.2 Å². The first-order chi connectivity index (χ1) is 6.60. The molecule has 0 unspecified atom stereocenters. The van der Waals surface area contributed by atoms with Crippen LogP contribution in [-0.4, -0.2) is 49.3 Å². The van der Waals surface area contributed by atoms with Gasteiger partial charge in [-0.2, -0.15) is 0 Å². The Labute approximate surface area is 85.2 Å². The highest BCUT2D eigenvalue weighted by Gasteiger charge is 2.09. The average molecular weight is 201 g/mol. The van der Waals surface area contributed by atoms with Crippen molar-refractivity contribution in [2.24, 2.45) is 0 Å². The SMILES string of the molecule is C=C(CC)CN(CCOC)CC(=O)O. The summed E-state index contributed by atoms with van der Waals surface area (Å²) in [6, 6.07) is 0. The highest BCUT2D eigenvalue weighted by molar-refractivity contribution is 5.69. The monoisotopic (exact) mass is 201 g/mol. The van der Waals surface area contributed by atoms with E-state index in [-0.39, 0.29) is 6.54 Å². The first kappa shape index (κ1) is 13.1. The van der Waals surface area contributed by atoms with Crippen molar-refractivity contribution in [2.45, 2.75) is 13.3 Å². The summed E-state index contributed by atoms with van der Waals surface area (Å²) in [7, 11) is 1.60. The van der Waals surface area contributed by atoms with Crippen LogP contribution in [0.3, 0.4) is 0 Å². The maximum absolute atomic E-state index is 10.5. The maximum atomic E-state index is 10.5. The van der Waals surface area contributed by atoms with Crippen LogP contribution in [0.4, 0.5) is 0 Å². The van der Waals surface area contributed by atoms with Gasteiger partial charge in [0.1, 0.15) is 0 Å². The zero-order valence-corrected chi connectivity index (χ0v) is 8.95. The minimum absolute atomic E-state index is 0.0440. The zero-order valence-electron chi connectivity index (χ0n) is 8.95. The fourth-order valence-corrected chi connectivity index (χ4v) is 1.05. The second-order valence-corrected chi connectivity index (χ2v) is 3.20. The van der Waals surface area contributed by atoms with E-state index in [0.29, 0.717) is 19.7 Å². The number of nitrogens with zero attached hydrogens (tertiary/aromatic N) is 1. The molecular weight excluding hydrogens is 182 g/mol. The van der Waals surface area contributed by atoms with Crippen LogP contribution in [0.2, 0.25) is 0 Å². The smallest absolute Gasteiger partial charge is 0.317 e. The fraction of sp³-hybridized carbons (Fsp3) is 0.700. The van der Waals surface area contributed by atoms with Gasteiger partial charge < -0.3 is 9.84 Å². The predicted molar refractivity (Wildman–Crippen MR) is 55.4 cm³/mol. The molecule has 0 aliphatic rings. The number of methoxy groups -OCH3 is 1. The van der Waals surface area contributed by atoms with Crippen molar-refractivity contribution in [3.63, 3.8) is 0 Å². The van der Waals surface area contributed by atoms with Gasteiger partial charge in [0.25, 0.3) is 0 Å². The molecule has 0 aromatic heterocycles. The van der Waals surface area contributed by atoms with Gasteiger partial charge in [0, 0.05) is 20.2 Å². The van der Waals surface area contributed by atoms with E-state index in [9.17, 15) is 4.79 Å². The van der Waals surface area contributed by atoms with E-state index in [1.54, 1.807) is 7.11 Å². The average Bonchev–Trinajstić information content (AvgIpc) is 2.13. The lowest BCUT2D eigenvalue weighted by Crippen LogP contribution is -2.34. The first-order valence-electron chi connectivity index (χ1n) is 4.69. The quantitative estimate of drug-likeness (QED) is 0.595. The van der Waals surface area contributed by atoms with Crippen molar-refractivity contribution in [1.82, 2.24) is 4.90 Å². The molecule has 0 aromatic carbocycles. The van der Waals surface area contributed by atoms with E-state index in [0.717, 1.165) is 12.0 Å². The Bertz CT molecular complexity index is 192. The molecule has 0 heterocycles. The van der Waals surface area contributed by atoms with Gasteiger partial charge in [-0.25, -0.2) is 0 Å². The molecular formula is C10H19NO3. The number of carboxylic acids is 1. The highest BCUT2D eigenvalue weighted by Crippen LogP contribution is 2.00. The number of aliphatic carboxylic acids is 1. The number of rotatable bonds is 8. The zero-order chi connectivity index (χ0) is 11.0. The highest BCUT2D eigenvalue weighted by atomic mass is 16.5. The summed E-state index contributed by atoms with van der Waals surface area (Å²) in [5, 5.41) is 8.66. The Morgan fingerprint density at radius 2 is 2.14 bits per heavy atom. The van der Waals surface area contributed by atoms with Crippen molar-refractivity contribution in [3.05, 3.63) is 12.2 Å². The number of carboxylic acid groups (broad SMARTS) is 1. The molecule has 0 amide bonds. The minimum atomic E-state index is -0.815. The third-order valence-electron chi connectivity index (χ3n) is 1.92. The summed E-state index contributed by atoms with van der Waals surface area (Å²) in [6.07, 6.45) is 0.878. The van der Waals surface area contributed by atoms with E-state index < -0.39 is 5.97 Å². The molecule has 0 spiro atoms. The molecule has 0 aliphatic heterocycles. The number of hydrogen-bond acceptors (Lipinski definition) is 3. The van der Waals surface area contributed by atoms with E-state index in [1.807, 2.05) is 11.8 Å². The summed E-state index contributed by atoms with van der Waals surface area (Å²) in [6.45, 7) is 7.71. The van der Waals surface area contributed by atoms with Crippen LogP contribution in [0.5, 0.6) is 0 Å². The van der Waals surface area contributed by atoms with E-state index in [1.165, 1.54) is 0 Å². The second-order valence-electron chi connectivity index (χ2n) is 3.20. The molecule has 0 aromatic rings. The number of hydrogen-bond donors (Lipinski definition) is 1. The van der Waals surface area contributed by atoms with Crippen LogP contribution in [0, 0.1) is 0 Å². The van der Waals surface area contributed by atoms with E-state index in [4.69, 9.17) is 9.84 Å². The van der Waals surface area contributed by atoms with Gasteiger partial charge in [-0.15, -0.1) is 0 Å². The van der Waals surface area contributed by atoms with Gasteiger partial charge in [0.15, 0.2) is 0 Å². The normalized spacial score (nSPS) is 10.5. The van der Waals surface area contributed by atoms with Crippen molar-refractivity contribution in [3.8, 4) is 0 Å². The first-order valence-corrected chi connectivity index (χ1v) is 4.69. The molecule has 4 nitrogen and oxygen atoms in total. The summed E-state index contributed by atoms with van der Waals surface area (Å²) in [5.74, 6) is -0.815. The van der Waals surface area contributed by atoms with Crippen LogP contribution in [-0.2, 0) is 9.53 Å². The third-order valence-corrected chi connectivity index (χ3v) is 1.92. The Hall–Kier alpha value is -0.870. The van der Waals surface area contributed by atoms with Gasteiger partial charge in [0.05, 0.1) is 13.2 Å². The molecule has 82 valence electrons. The third kappa shape index (κ3) is 6.62. The Kier molecular flexibility index (Phi) is 7.06. The lowest BCUT2D eigenvalue weighted by atomic mass is 10.2. The Balaban J connectivity index is 3.96. The summed E-state index contributed by atoms with van der Waals surface area (Å²) in [4.78, 5) is 12.3. The molecule has 0 fully saturated rings. The summed E-state index contributed by atoms with van der Waals surface area (Å²) >= 11 is 0. The predicted octanol–water partition coefficient (Wildman–Crippen LogP) is 0.986. The topological polar surface area (TPSA) is 49.8 Å². The Morgan fingerprint density at radius 1 is 1.50 bits per heavy atom. The van der Waals surface area contributed by atoms with E-state index >= 15 is 0 Å². The molecule has 0 rings (SSSR count). The largest absolute Gasteiger partial charge is 0.480 e. The molecule has 0 saturated carbocycles. The molecule has 0 aliphatic carbocycles. The second kappa shape index (κ2) is 7.53. The number of ether oxygens (including phenoxy) is 1. The molecule has 0 saturated heterocycles. The van der Waals surface area contributed by atoms with Gasteiger partial charge in [-0.1, -0.05) is 19.1 Å². The van der Waals surface area contributed by atoms with Crippen molar-refractivity contribution in [1.29, 1.82) is 0 Å². The van der Waals surface area contributed by atoms with Gasteiger partial charge in [-0.3, -0.25) is 9.69 Å².